The number of nitrogens with zero attached hydrogens (tertiary/aromatic N) is 4. The SMILES string of the molecule is CCc1nc(NN)cc(Nc2cn(C)nc2CC)n1. The van der Waals surface area contributed by atoms with E-state index in [-0.39, 0.29) is 0 Å². The molecule has 2 aromatic rings. The summed E-state index contributed by atoms with van der Waals surface area (Å²) in [6, 6.07) is 1.77. The minimum Gasteiger partial charge on any atom is -0.337 e. The molecule has 2 heterocycles. The highest BCUT2D eigenvalue weighted by atomic mass is 15.3. The molecule has 0 radical (unpaired) electrons. The normalized spacial score (nSPS) is 10.5. The first kappa shape index (κ1) is 13.3. The van der Waals surface area contributed by atoms with Crippen LogP contribution in [-0.4, -0.2) is 19.7 Å². The highest BCUT2D eigenvalue weighted by Gasteiger charge is 2.08. The summed E-state index contributed by atoms with van der Waals surface area (Å²) in [5, 5.41) is 7.64. The number of hydrazine groups is 1. The zero-order valence-corrected chi connectivity index (χ0v) is 11.4. The summed E-state index contributed by atoms with van der Waals surface area (Å²) in [7, 11) is 1.90. The lowest BCUT2D eigenvalue weighted by Crippen LogP contribution is -2.11. The lowest BCUT2D eigenvalue weighted by atomic mass is 10.3. The van der Waals surface area contributed by atoms with Crippen LogP contribution in [0.5, 0.6) is 0 Å². The van der Waals surface area contributed by atoms with E-state index in [1.807, 2.05) is 20.2 Å². The molecule has 0 saturated carbocycles. The van der Waals surface area contributed by atoms with Gasteiger partial charge in [-0.3, -0.25) is 4.68 Å². The van der Waals surface area contributed by atoms with Crippen LogP contribution in [-0.2, 0) is 19.9 Å². The lowest BCUT2D eigenvalue weighted by molar-refractivity contribution is 0.746. The third kappa shape index (κ3) is 3.00. The van der Waals surface area contributed by atoms with Crippen molar-refractivity contribution in [3.63, 3.8) is 0 Å². The highest BCUT2D eigenvalue weighted by Crippen LogP contribution is 2.20. The van der Waals surface area contributed by atoms with Crippen LogP contribution in [0.1, 0.15) is 25.4 Å². The van der Waals surface area contributed by atoms with Crippen LogP contribution in [0.4, 0.5) is 17.3 Å². The van der Waals surface area contributed by atoms with Gasteiger partial charge in [-0.05, 0) is 6.42 Å². The van der Waals surface area contributed by atoms with Gasteiger partial charge in [0.05, 0.1) is 11.4 Å². The molecule has 7 heteroatoms. The van der Waals surface area contributed by atoms with Gasteiger partial charge in [-0.25, -0.2) is 15.8 Å². The molecule has 0 aliphatic heterocycles. The quantitative estimate of drug-likeness (QED) is 0.556. The van der Waals surface area contributed by atoms with Crippen molar-refractivity contribution in [3.05, 3.63) is 23.8 Å². The summed E-state index contributed by atoms with van der Waals surface area (Å²) in [4.78, 5) is 8.68. The molecular formula is C12H19N7. The maximum absolute atomic E-state index is 5.41. The highest BCUT2D eigenvalue weighted by molar-refractivity contribution is 5.60. The summed E-state index contributed by atoms with van der Waals surface area (Å²) >= 11 is 0. The van der Waals surface area contributed by atoms with Gasteiger partial charge < -0.3 is 10.7 Å². The van der Waals surface area contributed by atoms with Gasteiger partial charge in [0, 0.05) is 25.7 Å². The summed E-state index contributed by atoms with van der Waals surface area (Å²) in [5.74, 6) is 7.45. The number of rotatable bonds is 5. The molecule has 0 spiro atoms. The Hall–Kier alpha value is -2.15. The van der Waals surface area contributed by atoms with Crippen molar-refractivity contribution in [3.8, 4) is 0 Å². The van der Waals surface area contributed by atoms with E-state index in [1.54, 1.807) is 10.7 Å². The van der Waals surface area contributed by atoms with Crippen molar-refractivity contribution < 1.29 is 0 Å². The molecule has 0 aliphatic carbocycles. The Labute approximate surface area is 112 Å². The van der Waals surface area contributed by atoms with Gasteiger partial charge >= 0.3 is 0 Å². The van der Waals surface area contributed by atoms with Crippen LogP contribution in [0.25, 0.3) is 0 Å². The number of nitrogens with two attached hydrogens (primary N) is 1. The topological polar surface area (TPSA) is 93.7 Å². The second-order valence-electron chi connectivity index (χ2n) is 4.19. The monoisotopic (exact) mass is 261 g/mol. The van der Waals surface area contributed by atoms with E-state index in [4.69, 9.17) is 5.84 Å². The van der Waals surface area contributed by atoms with Gasteiger partial charge in [0.1, 0.15) is 17.5 Å². The van der Waals surface area contributed by atoms with Crippen molar-refractivity contribution in [2.24, 2.45) is 12.9 Å². The van der Waals surface area contributed by atoms with Gasteiger partial charge in [0.2, 0.25) is 0 Å². The van der Waals surface area contributed by atoms with Crippen molar-refractivity contribution in [2.75, 3.05) is 10.7 Å². The molecule has 0 bridgehead atoms. The Balaban J connectivity index is 2.31. The maximum atomic E-state index is 5.41. The Morgan fingerprint density at radius 1 is 1.21 bits per heavy atom. The number of aromatic nitrogens is 4. The van der Waals surface area contributed by atoms with Gasteiger partial charge in [-0.2, -0.15) is 5.10 Å². The summed E-state index contributed by atoms with van der Waals surface area (Å²) in [6.07, 6.45) is 3.54. The van der Waals surface area contributed by atoms with E-state index in [0.717, 1.165) is 30.0 Å². The molecule has 2 rings (SSSR count). The van der Waals surface area contributed by atoms with Gasteiger partial charge in [0.25, 0.3) is 0 Å². The molecule has 19 heavy (non-hydrogen) atoms. The average Bonchev–Trinajstić information content (AvgIpc) is 2.78. The Kier molecular flexibility index (Phi) is 3.96. The molecule has 0 atom stereocenters. The standard InChI is InChI=1S/C12H19N7/c1-4-8-9(7-19(3)18-8)14-11-6-12(17-13)16-10(5-2)15-11/h6-7H,4-5,13H2,1-3H3,(H2,14,15,16,17). The molecule has 0 fully saturated rings. The van der Waals surface area contributed by atoms with Crippen molar-refractivity contribution in [2.45, 2.75) is 26.7 Å². The van der Waals surface area contributed by atoms with E-state index < -0.39 is 0 Å². The summed E-state index contributed by atoms with van der Waals surface area (Å²) < 4.78 is 1.78. The Morgan fingerprint density at radius 3 is 2.58 bits per heavy atom. The fraction of sp³-hybridized carbons (Fsp3) is 0.417. The van der Waals surface area contributed by atoms with Crippen LogP contribution in [0.15, 0.2) is 12.3 Å². The molecule has 0 unspecified atom stereocenters. The predicted octanol–water partition coefficient (Wildman–Crippen LogP) is 1.36. The van der Waals surface area contributed by atoms with Gasteiger partial charge in [-0.15, -0.1) is 0 Å². The molecule has 102 valence electrons. The third-order valence-corrected chi connectivity index (χ3v) is 2.74. The fourth-order valence-electron chi connectivity index (χ4n) is 1.83. The van der Waals surface area contributed by atoms with Crippen LogP contribution in [0.3, 0.4) is 0 Å². The number of aryl methyl sites for hydroxylation is 3. The third-order valence-electron chi connectivity index (χ3n) is 2.74. The maximum Gasteiger partial charge on any atom is 0.145 e. The number of hydrogen-bond acceptors (Lipinski definition) is 6. The van der Waals surface area contributed by atoms with E-state index in [0.29, 0.717) is 11.6 Å². The zero-order chi connectivity index (χ0) is 13.8. The second-order valence-corrected chi connectivity index (χ2v) is 4.19. The van der Waals surface area contributed by atoms with Crippen LogP contribution >= 0.6 is 0 Å². The average molecular weight is 261 g/mol. The molecule has 7 nitrogen and oxygen atoms in total. The largest absolute Gasteiger partial charge is 0.337 e. The van der Waals surface area contributed by atoms with E-state index in [9.17, 15) is 0 Å². The van der Waals surface area contributed by atoms with E-state index in [1.165, 1.54) is 0 Å². The molecule has 0 saturated heterocycles. The molecule has 4 N–H and O–H groups in total. The minimum atomic E-state index is 0.594. The first-order valence-corrected chi connectivity index (χ1v) is 6.30. The van der Waals surface area contributed by atoms with Crippen molar-refractivity contribution >= 4 is 17.3 Å². The second kappa shape index (κ2) is 5.66. The van der Waals surface area contributed by atoms with E-state index >= 15 is 0 Å². The lowest BCUT2D eigenvalue weighted by Gasteiger charge is -2.08. The summed E-state index contributed by atoms with van der Waals surface area (Å²) in [5.41, 5.74) is 4.50. The Bertz CT molecular complexity index is 539. The van der Waals surface area contributed by atoms with Crippen LogP contribution in [0, 0.1) is 0 Å². The number of hydrogen-bond donors (Lipinski definition) is 3. The van der Waals surface area contributed by atoms with Crippen LogP contribution in [0.2, 0.25) is 0 Å². The number of nitrogens with one attached hydrogen (secondary N) is 2. The molecule has 2 aromatic heterocycles. The number of nitrogen functional groups attached to an aromatic ring is 1. The van der Waals surface area contributed by atoms with Crippen molar-refractivity contribution in [1.82, 2.24) is 19.7 Å². The fourth-order valence-corrected chi connectivity index (χ4v) is 1.83. The summed E-state index contributed by atoms with van der Waals surface area (Å²) in [6.45, 7) is 4.07. The molecule has 0 aromatic carbocycles. The molecule has 0 amide bonds. The molecular weight excluding hydrogens is 242 g/mol. The predicted molar refractivity (Wildman–Crippen MR) is 75.1 cm³/mol. The van der Waals surface area contributed by atoms with Crippen LogP contribution < -0.4 is 16.6 Å². The first-order valence-electron chi connectivity index (χ1n) is 6.30. The van der Waals surface area contributed by atoms with Gasteiger partial charge in [-0.1, -0.05) is 13.8 Å². The Morgan fingerprint density at radius 2 is 1.95 bits per heavy atom. The van der Waals surface area contributed by atoms with E-state index in [2.05, 4.69) is 32.7 Å². The minimum absolute atomic E-state index is 0.594. The number of anilines is 3. The molecule has 0 aliphatic rings. The van der Waals surface area contributed by atoms with Crippen molar-refractivity contribution in [1.29, 1.82) is 0 Å². The first-order chi connectivity index (χ1) is 9.16. The zero-order valence-electron chi connectivity index (χ0n) is 11.4. The smallest absolute Gasteiger partial charge is 0.145 e. The van der Waals surface area contributed by atoms with Gasteiger partial charge in [0.15, 0.2) is 0 Å².